The second kappa shape index (κ2) is 23.9. The summed E-state index contributed by atoms with van der Waals surface area (Å²) in [7, 11) is 1.10. The first-order chi connectivity index (χ1) is 33.0. The largest absolute Gasteiger partial charge is 0.477 e. The topological polar surface area (TPSA) is 179 Å². The van der Waals surface area contributed by atoms with Crippen LogP contribution in [0.1, 0.15) is 76.3 Å². The van der Waals surface area contributed by atoms with E-state index in [-0.39, 0.29) is 61.4 Å². The molecule has 3 heterocycles. The number of amides is 4. The lowest BCUT2D eigenvalue weighted by Crippen LogP contribution is -2.58. The van der Waals surface area contributed by atoms with Gasteiger partial charge in [-0.2, -0.15) is 18.4 Å². The Bertz CT molecular complexity index is 2570. The molecular formula is C48H55ClF4N8O7S2. The molecule has 4 amide bonds. The van der Waals surface area contributed by atoms with E-state index in [1.807, 2.05) is 57.5 Å². The number of thiocarbonyl (C=S) groups is 1. The molecule has 1 aliphatic heterocycles. The third kappa shape index (κ3) is 13.5. The number of likely N-dealkylation sites (N-methyl/N-ethyl adjacent to an activating group) is 1. The minimum atomic E-state index is -5.19. The summed E-state index contributed by atoms with van der Waals surface area (Å²) in [5, 5.41) is 15.0. The molecule has 15 nitrogen and oxygen atoms in total. The van der Waals surface area contributed by atoms with Gasteiger partial charge in [0, 0.05) is 33.2 Å². The summed E-state index contributed by atoms with van der Waals surface area (Å²) in [4.78, 5) is 67.2. The number of benzene rings is 2. The number of hydrogen-bond acceptors (Lipinski definition) is 12. The molecule has 0 bridgehead atoms. The smallest absolute Gasteiger partial charge is 0.420 e. The molecule has 5 rings (SSSR count). The van der Waals surface area contributed by atoms with Crippen LogP contribution in [-0.4, -0.2) is 108 Å². The Morgan fingerprint density at radius 2 is 1.74 bits per heavy atom. The van der Waals surface area contributed by atoms with Gasteiger partial charge in [-0.1, -0.05) is 68.9 Å². The number of nitrogens with zero attached hydrogens (tertiary/aromatic N) is 6. The first kappa shape index (κ1) is 55.1. The van der Waals surface area contributed by atoms with Crippen LogP contribution in [0.15, 0.2) is 54.2 Å². The SMILES string of the molecule is Cc1ncsc1-c1ccc(CNC(=O)C2CCCN2C(=O)C(NC(=O)COCCOCCCOc2ncc(N(C=S)C(C)(C)C(=O)N(C)c3ccc(C#N)c(C(F)(F)F)c3F)cc2Cl)C(C)(C)C)cc1. The Morgan fingerprint density at radius 1 is 1.04 bits per heavy atom. The van der Waals surface area contributed by atoms with E-state index in [9.17, 15) is 32.3 Å². The zero-order chi connectivity index (χ0) is 51.6. The molecule has 70 heavy (non-hydrogen) atoms. The second-order valence-electron chi connectivity index (χ2n) is 17.9. The maximum Gasteiger partial charge on any atom is 0.420 e. The summed E-state index contributed by atoms with van der Waals surface area (Å²) in [6.45, 7) is 11.3. The summed E-state index contributed by atoms with van der Waals surface area (Å²) in [6.07, 6.45) is -2.29. The van der Waals surface area contributed by atoms with Crippen LogP contribution >= 0.6 is 35.2 Å². The second-order valence-corrected chi connectivity index (χ2v) is 19.4. The van der Waals surface area contributed by atoms with Crippen LogP contribution in [0.25, 0.3) is 10.4 Å². The quantitative estimate of drug-likeness (QED) is 0.0467. The number of ether oxygens (including phenoxy) is 3. The standard InChI is InChI=1S/C48H55ClF4N8O7S2/c1-29-40(70-27-57-29)31-13-11-30(12-14-31)24-55-42(63)36-10-8-17-60(36)44(64)41(46(2,3)4)58-37(62)26-67-21-20-66-18-9-19-68-43-34(49)22-33(25-56-43)61(28-69)47(5,6)45(65)59(7)35-16-15-32(23-54)38(39(35)50)48(51,52)53/h11-16,22,25,27-28,36,41H,8-10,17-21,24,26H2,1-7H3,(H,55,63)(H,58,62). The van der Waals surface area contributed by atoms with E-state index in [4.69, 9.17) is 43.3 Å². The Hall–Kier alpha value is -5.79. The molecule has 0 radical (unpaired) electrons. The highest BCUT2D eigenvalue weighted by molar-refractivity contribution is 7.79. The molecule has 1 aliphatic rings. The Labute approximate surface area is 418 Å². The normalized spacial score (nSPS) is 14.4. The minimum absolute atomic E-state index is 0.0499. The van der Waals surface area contributed by atoms with Crippen LogP contribution in [0.5, 0.6) is 5.88 Å². The average molecular weight is 1030 g/mol. The number of carbonyl (C=O) groups excluding carboxylic acids is 4. The van der Waals surface area contributed by atoms with Gasteiger partial charge in [-0.25, -0.2) is 14.4 Å². The van der Waals surface area contributed by atoms with E-state index in [0.717, 1.165) is 46.4 Å². The van der Waals surface area contributed by atoms with Crippen LogP contribution in [0.3, 0.4) is 0 Å². The van der Waals surface area contributed by atoms with Crippen molar-refractivity contribution in [3.05, 3.63) is 87.4 Å². The molecular weight excluding hydrogens is 976 g/mol. The number of hydrogen-bond donors (Lipinski definition) is 2. The van der Waals surface area contributed by atoms with E-state index in [1.54, 1.807) is 16.2 Å². The van der Waals surface area contributed by atoms with Gasteiger partial charge in [-0.3, -0.25) is 19.2 Å². The van der Waals surface area contributed by atoms with Gasteiger partial charge >= 0.3 is 6.18 Å². The van der Waals surface area contributed by atoms with Gasteiger partial charge in [0.25, 0.3) is 5.91 Å². The van der Waals surface area contributed by atoms with Gasteiger partial charge in [0.05, 0.1) is 70.6 Å². The third-order valence-electron chi connectivity index (χ3n) is 11.5. The molecule has 22 heteroatoms. The van der Waals surface area contributed by atoms with Crippen molar-refractivity contribution >= 4 is 75.7 Å². The maximum atomic E-state index is 15.2. The number of anilines is 2. The highest BCUT2D eigenvalue weighted by atomic mass is 35.5. The Morgan fingerprint density at radius 3 is 2.36 bits per heavy atom. The zero-order valence-electron chi connectivity index (χ0n) is 39.7. The molecule has 0 aliphatic carbocycles. The summed E-state index contributed by atoms with van der Waals surface area (Å²) in [5.74, 6) is -3.65. The average Bonchev–Trinajstić information content (AvgIpc) is 3.98. The lowest BCUT2D eigenvalue weighted by Gasteiger charge is -2.38. The van der Waals surface area contributed by atoms with Gasteiger partial charge in [-0.05, 0) is 68.4 Å². The number of nitriles is 1. The van der Waals surface area contributed by atoms with E-state index in [1.165, 1.54) is 37.1 Å². The summed E-state index contributed by atoms with van der Waals surface area (Å²) < 4.78 is 73.0. The molecule has 1 fully saturated rings. The third-order valence-corrected chi connectivity index (χ3v) is 12.9. The molecule has 2 atom stereocenters. The van der Waals surface area contributed by atoms with Crippen molar-refractivity contribution in [1.29, 1.82) is 5.26 Å². The van der Waals surface area contributed by atoms with E-state index in [2.05, 4.69) is 20.6 Å². The fourth-order valence-electron chi connectivity index (χ4n) is 7.68. The first-order valence-electron chi connectivity index (χ1n) is 22.1. The highest BCUT2D eigenvalue weighted by Gasteiger charge is 2.43. The van der Waals surface area contributed by atoms with Gasteiger partial charge in [0.1, 0.15) is 34.8 Å². The number of carbonyl (C=O) groups is 4. The molecule has 376 valence electrons. The molecule has 0 spiro atoms. The minimum Gasteiger partial charge on any atom is -0.477 e. The molecule has 0 saturated carbocycles. The van der Waals surface area contributed by atoms with Gasteiger partial charge in [0.2, 0.25) is 23.6 Å². The number of aromatic nitrogens is 2. The summed E-state index contributed by atoms with van der Waals surface area (Å²) >= 11 is 13.2. The van der Waals surface area contributed by atoms with E-state index in [0.29, 0.717) is 37.3 Å². The lowest BCUT2D eigenvalue weighted by molar-refractivity contribution is -0.144. The summed E-state index contributed by atoms with van der Waals surface area (Å²) in [5.41, 5.74) is 0.421. The zero-order valence-corrected chi connectivity index (χ0v) is 42.1. The summed E-state index contributed by atoms with van der Waals surface area (Å²) in [6, 6.07) is 10.8. The van der Waals surface area contributed by atoms with Gasteiger partial charge in [-0.15, -0.1) is 11.3 Å². The van der Waals surface area contributed by atoms with Crippen molar-refractivity contribution < 1.29 is 51.0 Å². The van der Waals surface area contributed by atoms with Crippen molar-refractivity contribution in [2.45, 2.75) is 91.1 Å². The molecule has 2 N–H and O–H groups in total. The highest BCUT2D eigenvalue weighted by Crippen LogP contribution is 2.39. The van der Waals surface area contributed by atoms with Crippen molar-refractivity contribution in [1.82, 2.24) is 25.5 Å². The predicted molar refractivity (Wildman–Crippen MR) is 261 cm³/mol. The van der Waals surface area contributed by atoms with Crippen LogP contribution in [0.4, 0.5) is 28.9 Å². The number of likely N-dealkylation sites (tertiary alicyclic amines) is 1. The number of alkyl halides is 3. The number of rotatable bonds is 21. The number of nitrogens with one attached hydrogen (secondary N) is 2. The van der Waals surface area contributed by atoms with E-state index < -0.39 is 63.7 Å². The number of thiazole rings is 1. The molecule has 2 aromatic carbocycles. The molecule has 1 saturated heterocycles. The molecule has 4 aromatic rings. The lowest BCUT2D eigenvalue weighted by atomic mass is 9.85. The Kier molecular flexibility index (Phi) is 18.8. The predicted octanol–water partition coefficient (Wildman–Crippen LogP) is 8.04. The van der Waals surface area contributed by atoms with Crippen molar-refractivity contribution in [3.63, 3.8) is 0 Å². The van der Waals surface area contributed by atoms with Crippen LogP contribution in [0, 0.1) is 29.5 Å². The number of aryl methyl sites for hydroxylation is 1. The van der Waals surface area contributed by atoms with Crippen molar-refractivity contribution in [2.75, 3.05) is 56.4 Å². The van der Waals surface area contributed by atoms with E-state index >= 15 is 4.39 Å². The number of pyridine rings is 1. The van der Waals surface area contributed by atoms with Gasteiger partial charge < -0.3 is 39.5 Å². The van der Waals surface area contributed by atoms with Crippen LogP contribution in [0.2, 0.25) is 5.02 Å². The maximum absolute atomic E-state index is 15.2. The molecule has 2 unspecified atom stereocenters. The number of halogens is 5. The van der Waals surface area contributed by atoms with Crippen LogP contribution in [-0.2, 0) is 41.4 Å². The fraction of sp³-hybridized carbons (Fsp3) is 0.458. The Balaban J connectivity index is 1.02. The molecule has 2 aromatic heterocycles. The monoisotopic (exact) mass is 1030 g/mol. The van der Waals surface area contributed by atoms with Crippen molar-refractivity contribution in [2.24, 2.45) is 5.41 Å². The fourth-order valence-corrected chi connectivity index (χ4v) is 9.09. The van der Waals surface area contributed by atoms with Crippen LogP contribution < -0.4 is 25.2 Å². The van der Waals surface area contributed by atoms with Crippen molar-refractivity contribution in [3.8, 4) is 22.4 Å². The first-order valence-corrected chi connectivity index (χ1v) is 23.9. The van der Waals surface area contributed by atoms with Gasteiger partial charge in [0.15, 0.2) is 5.82 Å².